The smallest absolute Gasteiger partial charge is 0.433 e. The second-order valence-corrected chi connectivity index (χ2v) is 14.0. The summed E-state index contributed by atoms with van der Waals surface area (Å²) >= 11 is 0. The van der Waals surface area contributed by atoms with Gasteiger partial charge >= 0.3 is 12.1 Å². The highest BCUT2D eigenvalue weighted by molar-refractivity contribution is 5.91. The van der Waals surface area contributed by atoms with Crippen LogP contribution in [0.25, 0.3) is 33.9 Å². The number of nitrogens with one attached hydrogen (secondary N) is 1. The molecule has 0 spiro atoms. The number of H-pyrrole nitrogens is 1. The molecular formula is C36H43F3N8O4. The molecular weight excluding hydrogens is 665 g/mol. The lowest BCUT2D eigenvalue weighted by Gasteiger charge is -2.44. The summed E-state index contributed by atoms with van der Waals surface area (Å²) in [5.41, 5.74) is 2.57. The molecule has 7 rings (SSSR count). The van der Waals surface area contributed by atoms with Gasteiger partial charge in [-0.3, -0.25) is 0 Å². The molecule has 3 aliphatic rings. The lowest BCUT2D eigenvalue weighted by atomic mass is 9.69. The van der Waals surface area contributed by atoms with E-state index < -0.39 is 11.9 Å². The fraction of sp³-hybridized carbons (Fsp3) is 0.556. The van der Waals surface area contributed by atoms with E-state index in [0.717, 1.165) is 56.7 Å². The first-order chi connectivity index (χ1) is 24.5. The highest BCUT2D eigenvalue weighted by Gasteiger charge is 2.39. The van der Waals surface area contributed by atoms with Crippen LogP contribution in [0, 0.1) is 5.41 Å². The molecule has 4 aromatic rings. The van der Waals surface area contributed by atoms with E-state index in [0.29, 0.717) is 78.3 Å². The number of piperidine rings is 1. The van der Waals surface area contributed by atoms with Crippen molar-refractivity contribution in [3.05, 3.63) is 42.0 Å². The second kappa shape index (κ2) is 14.3. The molecule has 1 aliphatic heterocycles. The monoisotopic (exact) mass is 708 g/mol. The van der Waals surface area contributed by atoms with E-state index in [-0.39, 0.29) is 30.0 Å². The number of methoxy groups -OCH3 is 1. The number of aromatic nitrogens is 6. The number of carbonyl (C=O) groups excluding carboxylic acids is 1. The van der Waals surface area contributed by atoms with Crippen molar-refractivity contribution in [3.63, 3.8) is 0 Å². The third-order valence-corrected chi connectivity index (χ3v) is 10.1. The van der Waals surface area contributed by atoms with E-state index in [1.807, 2.05) is 13.1 Å². The first-order valence-electron chi connectivity index (χ1n) is 17.6. The number of alkyl halides is 3. The molecule has 51 heavy (non-hydrogen) atoms. The van der Waals surface area contributed by atoms with Gasteiger partial charge in [0, 0.05) is 56.4 Å². The Morgan fingerprint density at radius 2 is 1.82 bits per heavy atom. The van der Waals surface area contributed by atoms with Gasteiger partial charge in [0.15, 0.2) is 11.5 Å². The fourth-order valence-corrected chi connectivity index (χ4v) is 7.14. The Bertz CT molecular complexity index is 1850. The summed E-state index contributed by atoms with van der Waals surface area (Å²) in [7, 11) is 3.69. The Kier molecular flexibility index (Phi) is 9.85. The van der Waals surface area contributed by atoms with Gasteiger partial charge in [-0.25, -0.2) is 29.7 Å². The first kappa shape index (κ1) is 35.1. The molecule has 12 nitrogen and oxygen atoms in total. The van der Waals surface area contributed by atoms with Gasteiger partial charge in [-0.15, -0.1) is 0 Å². The molecule has 2 saturated carbocycles. The van der Waals surface area contributed by atoms with Crippen LogP contribution in [-0.4, -0.2) is 95.6 Å². The lowest BCUT2D eigenvalue weighted by molar-refractivity contribution is -0.151. The summed E-state index contributed by atoms with van der Waals surface area (Å²) in [6.07, 6.45) is 5.06. The van der Waals surface area contributed by atoms with Gasteiger partial charge in [0.25, 0.3) is 0 Å². The van der Waals surface area contributed by atoms with Crippen molar-refractivity contribution < 1.29 is 32.2 Å². The van der Waals surface area contributed by atoms with Crippen molar-refractivity contribution >= 4 is 28.6 Å². The van der Waals surface area contributed by atoms with Gasteiger partial charge in [0.05, 0.1) is 43.1 Å². The third-order valence-electron chi connectivity index (χ3n) is 10.1. The Balaban J connectivity index is 1.17. The zero-order valence-electron chi connectivity index (χ0n) is 29.1. The van der Waals surface area contributed by atoms with Crippen molar-refractivity contribution in [1.29, 1.82) is 0 Å². The molecule has 15 heteroatoms. The molecule has 3 fully saturated rings. The Hall–Kier alpha value is -4.37. The number of hydrogen-bond donors (Lipinski definition) is 1. The standard InChI is InChI=1S/C36H43F3N8O4/c1-4-50-31(48)19-51-24-8-12-47(13-9-24)30-18-40-27(17-41-30)33-44-32-28(46(2)20-35(21-49-3)10-5-11-35)16-26(43-34(32)45-33)23-14-25(22-6-7-22)42-29(15-23)36(37,38)39/h14-18,22,24H,4-13,19-21H2,1-3H3,(H,43,44,45). The van der Waals surface area contributed by atoms with Crippen LogP contribution in [0.4, 0.5) is 24.7 Å². The Morgan fingerprint density at radius 3 is 2.45 bits per heavy atom. The van der Waals surface area contributed by atoms with Gasteiger partial charge in [-0.2, -0.15) is 13.2 Å². The molecule has 0 bridgehead atoms. The third kappa shape index (κ3) is 7.78. The molecule has 5 heterocycles. The minimum absolute atomic E-state index is 0.00975. The van der Waals surface area contributed by atoms with Crippen molar-refractivity contribution in [3.8, 4) is 22.8 Å². The van der Waals surface area contributed by atoms with E-state index in [2.05, 4.69) is 29.7 Å². The number of imidazole rings is 1. The predicted molar refractivity (Wildman–Crippen MR) is 184 cm³/mol. The van der Waals surface area contributed by atoms with Gasteiger partial charge < -0.3 is 29.0 Å². The quantitative estimate of drug-likeness (QED) is 0.160. The molecule has 1 saturated heterocycles. The molecule has 272 valence electrons. The maximum absolute atomic E-state index is 14.0. The molecule has 4 aromatic heterocycles. The number of anilines is 2. The van der Waals surface area contributed by atoms with Crippen molar-refractivity contribution in [1.82, 2.24) is 29.9 Å². The normalized spacial score (nSPS) is 17.8. The number of halogens is 3. The molecule has 0 unspecified atom stereocenters. The van der Waals surface area contributed by atoms with Gasteiger partial charge in [0.2, 0.25) is 0 Å². The summed E-state index contributed by atoms with van der Waals surface area (Å²) in [4.78, 5) is 42.2. The van der Waals surface area contributed by atoms with Crippen molar-refractivity contribution in [2.75, 3.05) is 63.4 Å². The van der Waals surface area contributed by atoms with Gasteiger partial charge in [0.1, 0.15) is 29.3 Å². The lowest BCUT2D eigenvalue weighted by Crippen LogP contribution is -2.44. The van der Waals surface area contributed by atoms with Crippen molar-refractivity contribution in [2.45, 2.75) is 70.1 Å². The minimum atomic E-state index is -4.59. The van der Waals surface area contributed by atoms with E-state index in [4.69, 9.17) is 24.2 Å². The summed E-state index contributed by atoms with van der Waals surface area (Å²) in [5, 5.41) is 0. The maximum atomic E-state index is 14.0. The van der Waals surface area contributed by atoms with Gasteiger partial charge in [-0.1, -0.05) is 6.42 Å². The highest BCUT2D eigenvalue weighted by Crippen LogP contribution is 2.44. The zero-order valence-corrected chi connectivity index (χ0v) is 29.1. The van der Waals surface area contributed by atoms with E-state index in [1.54, 1.807) is 32.5 Å². The molecule has 1 N–H and O–H groups in total. The maximum Gasteiger partial charge on any atom is 0.433 e. The number of fused-ring (bicyclic) bond motifs is 1. The largest absolute Gasteiger partial charge is 0.464 e. The summed E-state index contributed by atoms with van der Waals surface area (Å²) in [6, 6.07) is 4.65. The fourth-order valence-electron chi connectivity index (χ4n) is 7.14. The number of rotatable bonds is 13. The van der Waals surface area contributed by atoms with E-state index >= 15 is 0 Å². The number of ether oxygens (including phenoxy) is 3. The Morgan fingerprint density at radius 1 is 1.04 bits per heavy atom. The van der Waals surface area contributed by atoms with Crippen LogP contribution in [0.5, 0.6) is 0 Å². The number of pyridine rings is 2. The Labute approximate surface area is 294 Å². The van der Waals surface area contributed by atoms with Crippen LogP contribution in [0.3, 0.4) is 0 Å². The molecule has 2 aliphatic carbocycles. The summed E-state index contributed by atoms with van der Waals surface area (Å²) in [5.74, 6) is 0.836. The second-order valence-electron chi connectivity index (χ2n) is 14.0. The average Bonchev–Trinajstić information content (AvgIpc) is 3.87. The van der Waals surface area contributed by atoms with Crippen LogP contribution in [0.2, 0.25) is 0 Å². The van der Waals surface area contributed by atoms with E-state index in [9.17, 15) is 18.0 Å². The summed E-state index contributed by atoms with van der Waals surface area (Å²) in [6.45, 7) is 4.76. The van der Waals surface area contributed by atoms with Crippen LogP contribution >= 0.6 is 0 Å². The van der Waals surface area contributed by atoms with Crippen LogP contribution in [0.15, 0.2) is 30.6 Å². The molecule has 0 atom stereocenters. The summed E-state index contributed by atoms with van der Waals surface area (Å²) < 4.78 is 58.2. The predicted octanol–water partition coefficient (Wildman–Crippen LogP) is 6.17. The molecule has 0 radical (unpaired) electrons. The zero-order chi connectivity index (χ0) is 35.8. The number of aromatic amines is 1. The number of hydrogen-bond acceptors (Lipinski definition) is 11. The number of carbonyl (C=O) groups is 1. The topological polar surface area (TPSA) is 131 Å². The van der Waals surface area contributed by atoms with E-state index in [1.165, 1.54) is 0 Å². The first-order valence-corrected chi connectivity index (χ1v) is 17.6. The molecule has 0 aromatic carbocycles. The number of esters is 1. The van der Waals surface area contributed by atoms with Crippen LogP contribution < -0.4 is 9.80 Å². The average molecular weight is 709 g/mol. The van der Waals surface area contributed by atoms with Crippen LogP contribution in [-0.2, 0) is 25.2 Å². The minimum Gasteiger partial charge on any atom is -0.464 e. The molecule has 0 amide bonds. The van der Waals surface area contributed by atoms with Crippen LogP contribution in [0.1, 0.15) is 69.2 Å². The number of nitrogens with zero attached hydrogens (tertiary/aromatic N) is 7. The van der Waals surface area contributed by atoms with Crippen molar-refractivity contribution in [2.24, 2.45) is 5.41 Å². The SMILES string of the molecule is CCOC(=O)COC1CCN(c2cnc(-c3nc4nc(-c5cc(C6CC6)nc(C(F)(F)F)c5)cc(N(C)CC5(COC)CCC5)c4[nH]3)cn2)CC1. The van der Waals surface area contributed by atoms with Gasteiger partial charge in [-0.05, 0) is 63.6 Å². The highest BCUT2D eigenvalue weighted by atomic mass is 19.4.